The maximum Gasteiger partial charge on any atom is 0.326 e. The molecule has 0 spiro atoms. The molecule has 32 heavy (non-hydrogen) atoms. The minimum atomic E-state index is -1.63. The third-order valence-corrected chi connectivity index (χ3v) is 5.15. The smallest absolute Gasteiger partial charge is 0.326 e. The van der Waals surface area contributed by atoms with Gasteiger partial charge in [0.1, 0.15) is 18.1 Å². The van der Waals surface area contributed by atoms with Crippen molar-refractivity contribution in [3.05, 3.63) is 0 Å². The second kappa shape index (κ2) is 15.3. The SMILES string of the molecule is CSCCC(NC(=O)C(N)CS)C(=O)NC(CCC(N)=O)C(=O)NC(CC(N)=O)C(=O)O. The number of carbonyl (C=O) groups excluding carboxylic acids is 5. The van der Waals surface area contributed by atoms with Gasteiger partial charge in [-0.05, 0) is 24.9 Å². The topological polar surface area (TPSA) is 237 Å². The lowest BCUT2D eigenvalue weighted by Crippen LogP contribution is -2.57. The fourth-order valence-electron chi connectivity index (χ4n) is 2.37. The van der Waals surface area contributed by atoms with E-state index in [1.807, 2.05) is 0 Å². The number of amides is 5. The number of hydrogen-bond donors (Lipinski definition) is 8. The monoisotopic (exact) mass is 494 g/mol. The Morgan fingerprint density at radius 1 is 0.875 bits per heavy atom. The molecule has 5 amide bonds. The van der Waals surface area contributed by atoms with Crippen molar-refractivity contribution < 1.29 is 33.9 Å². The number of nitrogens with two attached hydrogens (primary N) is 3. The van der Waals surface area contributed by atoms with Gasteiger partial charge in [0.25, 0.3) is 0 Å². The highest BCUT2D eigenvalue weighted by Gasteiger charge is 2.30. The number of carbonyl (C=O) groups is 6. The lowest BCUT2D eigenvalue weighted by atomic mass is 10.1. The molecule has 0 saturated heterocycles. The Balaban J connectivity index is 5.50. The molecule has 0 aliphatic rings. The normalized spacial score (nSPS) is 14.3. The van der Waals surface area contributed by atoms with Gasteiger partial charge in [-0.2, -0.15) is 24.4 Å². The third-order valence-electron chi connectivity index (χ3n) is 4.11. The van der Waals surface area contributed by atoms with Gasteiger partial charge in [-0.3, -0.25) is 24.0 Å². The summed E-state index contributed by atoms with van der Waals surface area (Å²) in [5, 5.41) is 16.1. The number of carboxylic acid groups (broad SMARTS) is 1. The van der Waals surface area contributed by atoms with Crippen LogP contribution < -0.4 is 33.2 Å². The summed E-state index contributed by atoms with van der Waals surface area (Å²) in [6.45, 7) is 0. The van der Waals surface area contributed by atoms with Crippen molar-refractivity contribution >= 4 is 59.9 Å². The van der Waals surface area contributed by atoms with Crippen LogP contribution in [0, 0.1) is 0 Å². The minimum absolute atomic E-state index is 0.0444. The average Bonchev–Trinajstić information content (AvgIpc) is 2.71. The molecule has 0 aliphatic heterocycles. The zero-order valence-corrected chi connectivity index (χ0v) is 19.2. The number of carboxylic acids is 1. The summed E-state index contributed by atoms with van der Waals surface area (Å²) >= 11 is 5.35. The highest BCUT2D eigenvalue weighted by molar-refractivity contribution is 7.98. The van der Waals surface area contributed by atoms with Crippen molar-refractivity contribution in [1.82, 2.24) is 16.0 Å². The second-order valence-electron chi connectivity index (χ2n) is 6.77. The van der Waals surface area contributed by atoms with Crippen molar-refractivity contribution in [2.24, 2.45) is 17.2 Å². The van der Waals surface area contributed by atoms with Crippen LogP contribution in [0.25, 0.3) is 0 Å². The Morgan fingerprint density at radius 2 is 1.38 bits per heavy atom. The van der Waals surface area contributed by atoms with Gasteiger partial charge in [0.05, 0.1) is 12.5 Å². The van der Waals surface area contributed by atoms with E-state index >= 15 is 0 Å². The van der Waals surface area contributed by atoms with E-state index in [-0.39, 0.29) is 25.0 Å². The van der Waals surface area contributed by atoms with Gasteiger partial charge in [-0.15, -0.1) is 0 Å². The van der Waals surface area contributed by atoms with Crippen molar-refractivity contribution in [2.45, 2.75) is 49.9 Å². The molecule has 10 N–H and O–H groups in total. The van der Waals surface area contributed by atoms with Crippen LogP contribution in [-0.4, -0.2) is 82.5 Å². The predicted molar refractivity (Wildman–Crippen MR) is 120 cm³/mol. The molecule has 0 bridgehead atoms. The predicted octanol–water partition coefficient (Wildman–Crippen LogP) is -3.32. The number of hydrogen-bond acceptors (Lipinski definition) is 9. The first-order valence-corrected chi connectivity index (χ1v) is 11.5. The van der Waals surface area contributed by atoms with Crippen LogP contribution in [0.3, 0.4) is 0 Å². The van der Waals surface area contributed by atoms with E-state index in [2.05, 4.69) is 28.6 Å². The zero-order chi connectivity index (χ0) is 24.8. The number of nitrogens with one attached hydrogen (secondary N) is 3. The van der Waals surface area contributed by atoms with Crippen LogP contribution in [0.2, 0.25) is 0 Å². The van der Waals surface area contributed by atoms with Gasteiger partial charge in [0.15, 0.2) is 0 Å². The lowest BCUT2D eigenvalue weighted by Gasteiger charge is -2.24. The molecule has 0 fully saturated rings. The summed E-state index contributed by atoms with van der Waals surface area (Å²) in [5.41, 5.74) is 15.7. The Hall–Kier alpha value is -2.52. The third kappa shape index (κ3) is 11.8. The summed E-state index contributed by atoms with van der Waals surface area (Å²) in [6.07, 6.45) is 0.796. The van der Waals surface area contributed by atoms with Crippen LogP contribution in [0.4, 0.5) is 0 Å². The van der Waals surface area contributed by atoms with Crippen LogP contribution in [0.1, 0.15) is 25.7 Å². The number of aliphatic carboxylic acids is 1. The highest BCUT2D eigenvalue weighted by Crippen LogP contribution is 2.05. The molecule has 0 saturated carbocycles. The highest BCUT2D eigenvalue weighted by atomic mass is 32.2. The maximum atomic E-state index is 12.8. The molecule has 0 aromatic rings. The Bertz CT molecular complexity index is 709. The average molecular weight is 495 g/mol. The van der Waals surface area contributed by atoms with E-state index in [4.69, 9.17) is 22.3 Å². The van der Waals surface area contributed by atoms with Crippen molar-refractivity contribution in [2.75, 3.05) is 17.8 Å². The van der Waals surface area contributed by atoms with Crippen LogP contribution in [0.15, 0.2) is 0 Å². The van der Waals surface area contributed by atoms with Gasteiger partial charge in [0, 0.05) is 12.2 Å². The first-order valence-electron chi connectivity index (χ1n) is 9.48. The van der Waals surface area contributed by atoms with Gasteiger partial charge in [-0.25, -0.2) is 4.79 Å². The minimum Gasteiger partial charge on any atom is -0.480 e. The van der Waals surface area contributed by atoms with Crippen LogP contribution in [-0.2, 0) is 28.8 Å². The quantitative estimate of drug-likeness (QED) is 0.1000. The summed E-state index contributed by atoms with van der Waals surface area (Å²) in [5.74, 6) is -5.02. The molecule has 0 heterocycles. The van der Waals surface area contributed by atoms with E-state index in [0.29, 0.717) is 5.75 Å². The molecule has 4 unspecified atom stereocenters. The number of primary amides is 2. The number of thiol groups is 1. The van der Waals surface area contributed by atoms with Crippen molar-refractivity contribution in [3.63, 3.8) is 0 Å². The standard InChI is InChI=1S/C17H30N6O7S2/c1-32-5-4-10(21-14(26)8(18)7-31)16(28)22-9(2-3-12(19)24)15(27)23-11(17(29)30)6-13(20)25/h8-11,31H,2-7,18H2,1H3,(H2,19,24)(H2,20,25)(H,21,26)(H,22,28)(H,23,27)(H,29,30). The molecule has 0 radical (unpaired) electrons. The molecular weight excluding hydrogens is 464 g/mol. The van der Waals surface area contributed by atoms with E-state index in [0.717, 1.165) is 0 Å². The van der Waals surface area contributed by atoms with E-state index in [1.165, 1.54) is 11.8 Å². The fourth-order valence-corrected chi connectivity index (χ4v) is 3.00. The summed E-state index contributed by atoms with van der Waals surface area (Å²) in [7, 11) is 0. The molecule has 4 atom stereocenters. The first kappa shape index (κ1) is 29.5. The largest absolute Gasteiger partial charge is 0.480 e. The van der Waals surface area contributed by atoms with Crippen molar-refractivity contribution in [3.8, 4) is 0 Å². The van der Waals surface area contributed by atoms with E-state index in [1.54, 1.807) is 6.26 Å². The zero-order valence-electron chi connectivity index (χ0n) is 17.5. The molecule has 0 aliphatic carbocycles. The van der Waals surface area contributed by atoms with E-state index < -0.39 is 66.1 Å². The number of rotatable bonds is 16. The molecule has 0 aromatic heterocycles. The molecule has 0 rings (SSSR count). The van der Waals surface area contributed by atoms with Gasteiger partial charge in [0.2, 0.25) is 29.5 Å². The Morgan fingerprint density at radius 3 is 1.81 bits per heavy atom. The molecule has 13 nitrogen and oxygen atoms in total. The molecule has 15 heteroatoms. The second-order valence-corrected chi connectivity index (χ2v) is 8.12. The maximum absolute atomic E-state index is 12.8. The number of thioether (sulfide) groups is 1. The van der Waals surface area contributed by atoms with Gasteiger partial charge >= 0.3 is 5.97 Å². The molecule has 0 aromatic carbocycles. The first-order chi connectivity index (χ1) is 14.9. The molecule has 182 valence electrons. The summed E-state index contributed by atoms with van der Waals surface area (Å²) in [6, 6.07) is -5.00. The summed E-state index contributed by atoms with van der Waals surface area (Å²) < 4.78 is 0. The Labute approximate surface area is 194 Å². The van der Waals surface area contributed by atoms with Crippen molar-refractivity contribution in [1.29, 1.82) is 0 Å². The molecular formula is C17H30N6O7S2. The van der Waals surface area contributed by atoms with E-state index in [9.17, 15) is 28.8 Å². The Kier molecular flexibility index (Phi) is 14.1. The summed E-state index contributed by atoms with van der Waals surface area (Å²) in [4.78, 5) is 70.9. The van der Waals surface area contributed by atoms with Crippen LogP contribution >= 0.6 is 24.4 Å². The fraction of sp³-hybridized carbons (Fsp3) is 0.647. The van der Waals surface area contributed by atoms with Gasteiger partial charge in [-0.1, -0.05) is 0 Å². The van der Waals surface area contributed by atoms with Gasteiger partial charge < -0.3 is 38.3 Å². The lowest BCUT2D eigenvalue weighted by molar-refractivity contribution is -0.144. The van der Waals surface area contributed by atoms with Crippen LogP contribution in [0.5, 0.6) is 0 Å².